The number of H-pyrrole nitrogens is 1. The van der Waals surface area contributed by atoms with E-state index in [1.807, 2.05) is 0 Å². The molecular formula is C9H12N2O3S. The van der Waals surface area contributed by atoms with Crippen molar-refractivity contribution in [1.29, 1.82) is 0 Å². The highest BCUT2D eigenvalue weighted by atomic mass is 32.2. The van der Waals surface area contributed by atoms with Crippen LogP contribution >= 0.6 is 0 Å². The van der Waals surface area contributed by atoms with E-state index in [1.165, 1.54) is 6.07 Å². The van der Waals surface area contributed by atoms with Gasteiger partial charge in [-0.3, -0.25) is 9.89 Å². The molecule has 1 aliphatic rings. The number of carbonyl (C=O) groups is 1. The second kappa shape index (κ2) is 3.77. The molecule has 1 aromatic heterocycles. The highest BCUT2D eigenvalue weighted by molar-refractivity contribution is 7.91. The largest absolute Gasteiger partial charge is 0.296 e. The van der Waals surface area contributed by atoms with Crippen LogP contribution < -0.4 is 0 Å². The van der Waals surface area contributed by atoms with Gasteiger partial charge in [0, 0.05) is 0 Å². The van der Waals surface area contributed by atoms with Gasteiger partial charge in [-0.25, -0.2) is 8.42 Å². The molecule has 0 amide bonds. The van der Waals surface area contributed by atoms with Crippen molar-refractivity contribution in [2.75, 3.05) is 5.75 Å². The number of nitrogens with zero attached hydrogens (tertiary/aromatic N) is 1. The second-order valence-corrected chi connectivity index (χ2v) is 6.02. The Labute approximate surface area is 87.8 Å². The third-order valence-electron chi connectivity index (χ3n) is 2.66. The molecule has 2 heterocycles. The molecule has 1 aliphatic heterocycles. The molecule has 0 radical (unpaired) electrons. The maximum Gasteiger partial charge on any atom is 0.170 e. The van der Waals surface area contributed by atoms with E-state index in [0.29, 0.717) is 18.4 Å². The molecule has 1 fully saturated rings. The predicted molar refractivity (Wildman–Crippen MR) is 54.4 cm³/mol. The van der Waals surface area contributed by atoms with Crippen molar-refractivity contribution < 1.29 is 13.2 Å². The number of carbonyl (C=O) groups excluding carboxylic acids is 1. The molecule has 82 valence electrons. The maximum atomic E-state index is 11.7. The van der Waals surface area contributed by atoms with Gasteiger partial charge in [0.15, 0.2) is 16.1 Å². The smallest absolute Gasteiger partial charge is 0.170 e. The summed E-state index contributed by atoms with van der Waals surface area (Å²) in [6, 6.07) is 1.51. The zero-order chi connectivity index (χ0) is 10.9. The summed E-state index contributed by atoms with van der Waals surface area (Å²) in [5.74, 6) is 0.229. The van der Waals surface area contributed by atoms with Crippen LogP contribution in [0.1, 0.15) is 40.7 Å². The molecule has 1 aromatic rings. The number of hydrogen-bond donors (Lipinski definition) is 1. The first kappa shape index (κ1) is 10.4. The van der Waals surface area contributed by atoms with Gasteiger partial charge in [-0.15, -0.1) is 0 Å². The van der Waals surface area contributed by atoms with E-state index < -0.39 is 15.1 Å². The molecule has 1 N–H and O–H groups in total. The van der Waals surface area contributed by atoms with Crippen molar-refractivity contribution in [1.82, 2.24) is 10.2 Å². The summed E-state index contributed by atoms with van der Waals surface area (Å²) >= 11 is 0. The second-order valence-electron chi connectivity index (χ2n) is 3.72. The fourth-order valence-corrected chi connectivity index (χ4v) is 3.81. The number of aldehydes is 1. The molecule has 0 aromatic carbocycles. The fraction of sp³-hybridized carbons (Fsp3) is 0.556. The summed E-state index contributed by atoms with van der Waals surface area (Å²) in [5, 5.41) is 5.83. The zero-order valence-electron chi connectivity index (χ0n) is 8.14. The van der Waals surface area contributed by atoms with Crippen LogP contribution in [0.25, 0.3) is 0 Å². The molecule has 0 spiro atoms. The lowest BCUT2D eigenvalue weighted by Gasteiger charge is -2.20. The lowest BCUT2D eigenvalue weighted by molar-refractivity contribution is 0.111. The van der Waals surface area contributed by atoms with E-state index in [-0.39, 0.29) is 11.4 Å². The van der Waals surface area contributed by atoms with Gasteiger partial charge >= 0.3 is 0 Å². The molecule has 6 heteroatoms. The summed E-state index contributed by atoms with van der Waals surface area (Å²) in [6.45, 7) is 0. The van der Waals surface area contributed by atoms with Gasteiger partial charge in [-0.1, -0.05) is 6.42 Å². The van der Waals surface area contributed by atoms with E-state index in [9.17, 15) is 13.2 Å². The number of aromatic nitrogens is 2. The maximum absolute atomic E-state index is 11.7. The van der Waals surface area contributed by atoms with Gasteiger partial charge in [0.1, 0.15) is 10.9 Å². The molecule has 1 saturated heterocycles. The van der Waals surface area contributed by atoms with Crippen molar-refractivity contribution >= 4 is 16.1 Å². The van der Waals surface area contributed by atoms with Crippen LogP contribution in [0, 0.1) is 0 Å². The highest BCUT2D eigenvalue weighted by Crippen LogP contribution is 2.32. The van der Waals surface area contributed by atoms with Crippen molar-refractivity contribution in [3.05, 3.63) is 17.5 Å². The average molecular weight is 228 g/mol. The minimum atomic E-state index is -3.06. The molecule has 1 atom stereocenters. The normalized spacial score (nSPS) is 24.9. The Morgan fingerprint density at radius 2 is 2.27 bits per heavy atom. The van der Waals surface area contributed by atoms with Gasteiger partial charge in [-0.2, -0.15) is 5.10 Å². The summed E-state index contributed by atoms with van der Waals surface area (Å²) in [4.78, 5) is 10.4. The number of hydrogen-bond acceptors (Lipinski definition) is 4. The molecule has 1 unspecified atom stereocenters. The summed E-state index contributed by atoms with van der Waals surface area (Å²) in [6.07, 6.45) is 2.85. The van der Waals surface area contributed by atoms with Crippen LogP contribution in [0.2, 0.25) is 0 Å². The Balaban J connectivity index is 2.32. The van der Waals surface area contributed by atoms with Crippen molar-refractivity contribution in [2.45, 2.75) is 24.5 Å². The van der Waals surface area contributed by atoms with Gasteiger partial charge in [0.2, 0.25) is 0 Å². The number of aromatic amines is 1. The SMILES string of the molecule is O=Cc1cc(C2CCCCS2(=O)=O)[nH]n1. The number of sulfone groups is 1. The van der Waals surface area contributed by atoms with E-state index >= 15 is 0 Å². The van der Waals surface area contributed by atoms with Crippen molar-refractivity contribution in [3.63, 3.8) is 0 Å². The average Bonchev–Trinajstić information content (AvgIpc) is 2.65. The van der Waals surface area contributed by atoms with Gasteiger partial charge < -0.3 is 0 Å². The minimum absolute atomic E-state index is 0.229. The first-order valence-electron chi connectivity index (χ1n) is 4.85. The monoisotopic (exact) mass is 228 g/mol. The number of rotatable bonds is 2. The Kier molecular flexibility index (Phi) is 2.60. The quantitative estimate of drug-likeness (QED) is 0.761. The summed E-state index contributed by atoms with van der Waals surface area (Å²) in [5.41, 5.74) is 0.794. The standard InChI is InChI=1S/C9H12N2O3S/c12-6-7-5-8(11-10-7)9-3-1-2-4-15(9,13)14/h5-6,9H,1-4H2,(H,10,11). The predicted octanol–water partition coefficient (Wildman–Crippen LogP) is 0.862. The molecule has 5 nitrogen and oxygen atoms in total. The lowest BCUT2D eigenvalue weighted by Crippen LogP contribution is -2.21. The highest BCUT2D eigenvalue weighted by Gasteiger charge is 2.31. The molecule has 2 rings (SSSR count). The molecular weight excluding hydrogens is 216 g/mol. The van der Waals surface area contributed by atoms with Gasteiger partial charge in [0.05, 0.1) is 11.4 Å². The Bertz CT molecular complexity index is 463. The minimum Gasteiger partial charge on any atom is -0.296 e. The Hall–Kier alpha value is -1.17. The van der Waals surface area contributed by atoms with E-state index in [2.05, 4.69) is 10.2 Å². The van der Waals surface area contributed by atoms with Gasteiger partial charge in [-0.05, 0) is 18.9 Å². The lowest BCUT2D eigenvalue weighted by atomic mass is 10.1. The van der Waals surface area contributed by atoms with Crippen molar-refractivity contribution in [3.8, 4) is 0 Å². The van der Waals surface area contributed by atoms with Crippen LogP contribution in [-0.4, -0.2) is 30.7 Å². The van der Waals surface area contributed by atoms with E-state index in [1.54, 1.807) is 0 Å². The van der Waals surface area contributed by atoms with Crippen LogP contribution in [0.4, 0.5) is 0 Å². The molecule has 15 heavy (non-hydrogen) atoms. The van der Waals surface area contributed by atoms with E-state index in [4.69, 9.17) is 0 Å². The van der Waals surface area contributed by atoms with Gasteiger partial charge in [0.25, 0.3) is 0 Å². The summed E-state index contributed by atoms with van der Waals surface area (Å²) in [7, 11) is -3.06. The molecule has 0 saturated carbocycles. The zero-order valence-corrected chi connectivity index (χ0v) is 8.96. The molecule has 0 aliphatic carbocycles. The third kappa shape index (κ3) is 1.94. The van der Waals surface area contributed by atoms with Crippen molar-refractivity contribution in [2.24, 2.45) is 0 Å². The number of nitrogens with one attached hydrogen (secondary N) is 1. The van der Waals surface area contributed by atoms with Crippen LogP contribution in [0.15, 0.2) is 6.07 Å². The topological polar surface area (TPSA) is 79.9 Å². The third-order valence-corrected chi connectivity index (χ3v) is 4.88. The fourth-order valence-electron chi connectivity index (χ4n) is 1.88. The first-order chi connectivity index (χ1) is 7.13. The summed E-state index contributed by atoms with van der Waals surface area (Å²) < 4.78 is 23.5. The van der Waals surface area contributed by atoms with Crippen LogP contribution in [0.5, 0.6) is 0 Å². The Morgan fingerprint density at radius 1 is 1.47 bits per heavy atom. The molecule has 0 bridgehead atoms. The first-order valence-corrected chi connectivity index (χ1v) is 6.57. The van der Waals surface area contributed by atoms with E-state index in [0.717, 1.165) is 12.8 Å². The van der Waals surface area contributed by atoms with Crippen LogP contribution in [-0.2, 0) is 9.84 Å². The Morgan fingerprint density at radius 3 is 2.87 bits per heavy atom. The van der Waals surface area contributed by atoms with Crippen LogP contribution in [0.3, 0.4) is 0 Å².